The van der Waals surface area contributed by atoms with Crippen molar-refractivity contribution >= 4 is 17.2 Å². The molecule has 2 rings (SSSR count). The molecule has 1 aliphatic rings. The van der Waals surface area contributed by atoms with Crippen molar-refractivity contribution in [1.29, 1.82) is 5.26 Å². The fourth-order valence-corrected chi connectivity index (χ4v) is 1.96. The van der Waals surface area contributed by atoms with E-state index >= 15 is 0 Å². The van der Waals surface area contributed by atoms with Crippen molar-refractivity contribution in [3.63, 3.8) is 0 Å². The van der Waals surface area contributed by atoms with Crippen molar-refractivity contribution in [3.8, 4) is 11.8 Å². The van der Waals surface area contributed by atoms with Crippen LogP contribution in [0.15, 0.2) is 41.1 Å². The van der Waals surface area contributed by atoms with E-state index in [1.165, 1.54) is 0 Å². The zero-order valence-electron chi connectivity index (χ0n) is 9.33. The third kappa shape index (κ3) is 2.27. The molecule has 1 N–H and O–H groups in total. The molecule has 0 atom stereocenters. The van der Waals surface area contributed by atoms with Gasteiger partial charge in [-0.1, -0.05) is 23.7 Å². The highest BCUT2D eigenvalue weighted by Gasteiger charge is 2.16. The molecule has 0 radical (unpaired) electrons. The van der Waals surface area contributed by atoms with Crippen LogP contribution >= 0.6 is 11.6 Å². The van der Waals surface area contributed by atoms with E-state index in [0.29, 0.717) is 17.2 Å². The van der Waals surface area contributed by atoms with Crippen molar-refractivity contribution in [2.45, 2.75) is 0 Å². The predicted molar refractivity (Wildman–Crippen MR) is 67.5 cm³/mol. The Bertz CT molecular complexity index is 541. The number of dihydropyridines is 1. The smallest absolute Gasteiger partial charge is 0.119 e. The largest absolute Gasteiger partial charge is 0.497 e. The first kappa shape index (κ1) is 11.6. The zero-order chi connectivity index (χ0) is 12.3. The Morgan fingerprint density at radius 3 is 3.00 bits per heavy atom. The van der Waals surface area contributed by atoms with Gasteiger partial charge in [-0.05, 0) is 23.3 Å². The fraction of sp³-hybridized carbons (Fsp3) is 0.154. The van der Waals surface area contributed by atoms with Crippen molar-refractivity contribution in [1.82, 2.24) is 5.32 Å². The summed E-state index contributed by atoms with van der Waals surface area (Å²) in [4.78, 5) is 0. The van der Waals surface area contributed by atoms with Crippen LogP contribution in [0.2, 0.25) is 0 Å². The zero-order valence-corrected chi connectivity index (χ0v) is 10.1. The molecular formula is C13H11ClN2O. The second-order valence-electron chi connectivity index (χ2n) is 3.57. The summed E-state index contributed by atoms with van der Waals surface area (Å²) in [7, 11) is 1.62. The first-order valence-electron chi connectivity index (χ1n) is 5.13. The number of hydrogen-bond acceptors (Lipinski definition) is 3. The summed E-state index contributed by atoms with van der Waals surface area (Å²) in [6, 6.07) is 9.72. The van der Waals surface area contributed by atoms with E-state index in [4.69, 9.17) is 21.6 Å². The molecule has 0 fully saturated rings. The summed E-state index contributed by atoms with van der Waals surface area (Å²) in [5.74, 6) is 0.762. The van der Waals surface area contributed by atoms with Crippen LogP contribution in [-0.4, -0.2) is 13.7 Å². The molecule has 1 heterocycles. The minimum Gasteiger partial charge on any atom is -0.497 e. The summed E-state index contributed by atoms with van der Waals surface area (Å²) < 4.78 is 5.17. The lowest BCUT2D eigenvalue weighted by molar-refractivity contribution is 0.414. The molecule has 0 bridgehead atoms. The molecule has 0 unspecified atom stereocenters. The van der Waals surface area contributed by atoms with Crippen molar-refractivity contribution in [3.05, 3.63) is 46.6 Å². The Balaban J connectivity index is 2.51. The summed E-state index contributed by atoms with van der Waals surface area (Å²) >= 11 is 5.99. The Morgan fingerprint density at radius 1 is 1.47 bits per heavy atom. The molecule has 0 aromatic heterocycles. The van der Waals surface area contributed by atoms with Gasteiger partial charge in [-0.3, -0.25) is 0 Å². The first-order chi connectivity index (χ1) is 8.26. The Morgan fingerprint density at radius 2 is 2.29 bits per heavy atom. The minimum atomic E-state index is 0.441. The third-order valence-electron chi connectivity index (χ3n) is 2.58. The average molecular weight is 247 g/mol. The highest BCUT2D eigenvalue weighted by Crippen LogP contribution is 2.29. The highest BCUT2D eigenvalue weighted by molar-refractivity contribution is 6.33. The SMILES string of the molecule is COc1cccc(C2=C(C#N)C(Cl)=CNC2)c1. The van der Waals surface area contributed by atoms with Gasteiger partial charge in [0.15, 0.2) is 0 Å². The molecule has 0 amide bonds. The second kappa shape index (κ2) is 4.94. The van der Waals surface area contributed by atoms with Crippen LogP contribution in [0.4, 0.5) is 0 Å². The molecule has 4 heteroatoms. The van der Waals surface area contributed by atoms with Gasteiger partial charge in [0.2, 0.25) is 0 Å². The van der Waals surface area contributed by atoms with E-state index < -0.39 is 0 Å². The number of rotatable bonds is 2. The second-order valence-corrected chi connectivity index (χ2v) is 3.98. The lowest BCUT2D eigenvalue weighted by Gasteiger charge is -2.16. The maximum atomic E-state index is 9.13. The lowest BCUT2D eigenvalue weighted by atomic mass is 9.98. The van der Waals surface area contributed by atoms with Crippen molar-refractivity contribution < 1.29 is 4.74 Å². The average Bonchev–Trinajstić information content (AvgIpc) is 2.38. The van der Waals surface area contributed by atoms with E-state index in [-0.39, 0.29) is 0 Å². The molecule has 17 heavy (non-hydrogen) atoms. The lowest BCUT2D eigenvalue weighted by Crippen LogP contribution is -2.16. The van der Waals surface area contributed by atoms with Crippen LogP contribution < -0.4 is 10.1 Å². The summed E-state index contributed by atoms with van der Waals surface area (Å²) in [5, 5.41) is 12.6. The number of hydrogen-bond donors (Lipinski definition) is 1. The van der Waals surface area contributed by atoms with Crippen LogP contribution in [0.25, 0.3) is 5.57 Å². The van der Waals surface area contributed by atoms with Crippen LogP contribution in [-0.2, 0) is 0 Å². The van der Waals surface area contributed by atoms with Crippen LogP contribution in [0.3, 0.4) is 0 Å². The van der Waals surface area contributed by atoms with Crippen LogP contribution in [0, 0.1) is 11.3 Å². The third-order valence-corrected chi connectivity index (χ3v) is 2.88. The molecule has 0 aliphatic carbocycles. The van der Waals surface area contributed by atoms with Gasteiger partial charge in [-0.25, -0.2) is 0 Å². The molecule has 0 saturated carbocycles. The van der Waals surface area contributed by atoms with Gasteiger partial charge in [0.1, 0.15) is 11.8 Å². The quantitative estimate of drug-likeness (QED) is 0.873. The van der Waals surface area contributed by atoms with E-state index in [9.17, 15) is 0 Å². The van der Waals surface area contributed by atoms with E-state index in [1.807, 2.05) is 24.3 Å². The van der Waals surface area contributed by atoms with Gasteiger partial charge >= 0.3 is 0 Å². The van der Waals surface area contributed by atoms with E-state index in [2.05, 4.69) is 11.4 Å². The highest BCUT2D eigenvalue weighted by atomic mass is 35.5. The molecular weight excluding hydrogens is 236 g/mol. The summed E-state index contributed by atoms with van der Waals surface area (Å²) in [6.07, 6.45) is 1.64. The van der Waals surface area contributed by atoms with Crippen molar-refractivity contribution in [2.75, 3.05) is 13.7 Å². The molecule has 1 aliphatic heterocycles. The van der Waals surface area contributed by atoms with E-state index in [1.54, 1.807) is 13.3 Å². The van der Waals surface area contributed by atoms with Crippen molar-refractivity contribution in [2.24, 2.45) is 0 Å². The number of ether oxygens (including phenoxy) is 1. The number of halogens is 1. The Labute approximate surface area is 105 Å². The topological polar surface area (TPSA) is 45.0 Å². The molecule has 1 aromatic carbocycles. The Kier molecular flexibility index (Phi) is 3.36. The Hall–Kier alpha value is -1.92. The molecule has 3 nitrogen and oxygen atoms in total. The minimum absolute atomic E-state index is 0.441. The van der Waals surface area contributed by atoms with E-state index in [0.717, 1.165) is 16.9 Å². The monoisotopic (exact) mass is 246 g/mol. The summed E-state index contributed by atoms with van der Waals surface area (Å²) in [5.41, 5.74) is 2.34. The first-order valence-corrected chi connectivity index (χ1v) is 5.51. The molecule has 1 aromatic rings. The van der Waals surface area contributed by atoms with Gasteiger partial charge in [-0.2, -0.15) is 5.26 Å². The standard InChI is InChI=1S/C13H11ClN2O/c1-17-10-4-2-3-9(5-10)12-7-16-8-13(14)11(12)6-15/h2-5,8,16H,7H2,1H3. The molecule has 0 spiro atoms. The maximum absolute atomic E-state index is 9.13. The van der Waals surface area contributed by atoms with Gasteiger partial charge in [0, 0.05) is 12.7 Å². The predicted octanol–water partition coefficient (Wildman–Crippen LogP) is 2.66. The van der Waals surface area contributed by atoms with Gasteiger partial charge in [-0.15, -0.1) is 0 Å². The van der Waals surface area contributed by atoms with Gasteiger partial charge in [0.25, 0.3) is 0 Å². The fourth-order valence-electron chi connectivity index (χ4n) is 1.73. The van der Waals surface area contributed by atoms with Gasteiger partial charge < -0.3 is 10.1 Å². The van der Waals surface area contributed by atoms with Gasteiger partial charge in [0.05, 0.1) is 17.7 Å². The molecule has 0 saturated heterocycles. The van der Waals surface area contributed by atoms with Crippen LogP contribution in [0.5, 0.6) is 5.75 Å². The summed E-state index contributed by atoms with van der Waals surface area (Å²) in [6.45, 7) is 0.590. The normalized spacial score (nSPS) is 14.8. The number of methoxy groups -OCH3 is 1. The molecule has 86 valence electrons. The number of nitriles is 1. The number of allylic oxidation sites excluding steroid dienone is 2. The number of nitrogens with one attached hydrogen (secondary N) is 1. The van der Waals surface area contributed by atoms with Crippen LogP contribution in [0.1, 0.15) is 5.56 Å². The number of benzene rings is 1. The number of nitrogens with zero attached hydrogens (tertiary/aromatic N) is 1. The maximum Gasteiger partial charge on any atom is 0.119 e.